The van der Waals surface area contributed by atoms with Crippen molar-refractivity contribution >= 4 is 5.97 Å². The van der Waals surface area contributed by atoms with Crippen LogP contribution in [0.25, 0.3) is 0 Å². The molecule has 0 amide bonds. The van der Waals surface area contributed by atoms with Crippen LogP contribution in [-0.2, 0) is 16.1 Å². The molecular weight excluding hydrogens is 196 g/mol. The van der Waals surface area contributed by atoms with Gasteiger partial charge in [0.25, 0.3) is 0 Å². The van der Waals surface area contributed by atoms with E-state index in [-0.39, 0.29) is 6.61 Å². The number of aliphatic carboxylic acids is 1. The summed E-state index contributed by atoms with van der Waals surface area (Å²) in [6, 6.07) is 5.42. The van der Waals surface area contributed by atoms with E-state index in [1.807, 2.05) is 13.0 Å². The van der Waals surface area contributed by atoms with Gasteiger partial charge in [-0.25, -0.2) is 4.79 Å². The average Bonchev–Trinajstić information content (AvgIpc) is 2.19. The highest BCUT2D eigenvalue weighted by atomic mass is 16.5. The first-order valence-corrected chi connectivity index (χ1v) is 4.56. The molecule has 0 aliphatic carbocycles. The Morgan fingerprint density at radius 3 is 2.80 bits per heavy atom. The molecule has 1 rings (SSSR count). The fourth-order valence-corrected chi connectivity index (χ4v) is 1.19. The summed E-state index contributed by atoms with van der Waals surface area (Å²) in [7, 11) is 1.62. The number of hydrogen-bond donors (Lipinski definition) is 1. The van der Waals surface area contributed by atoms with E-state index < -0.39 is 5.97 Å². The van der Waals surface area contributed by atoms with Gasteiger partial charge in [0.15, 0.2) is 6.61 Å². The monoisotopic (exact) mass is 210 g/mol. The second-order valence-electron chi connectivity index (χ2n) is 3.20. The predicted octanol–water partition coefficient (Wildman–Crippen LogP) is 1.60. The lowest BCUT2D eigenvalue weighted by molar-refractivity contribution is -0.139. The molecule has 0 aromatic heterocycles. The summed E-state index contributed by atoms with van der Waals surface area (Å²) in [5.41, 5.74) is 2.10. The van der Waals surface area contributed by atoms with Crippen LogP contribution in [0.3, 0.4) is 0 Å². The minimum atomic E-state index is -0.983. The van der Waals surface area contributed by atoms with Gasteiger partial charge in [0.05, 0.1) is 6.61 Å². The molecule has 0 radical (unpaired) electrons. The van der Waals surface area contributed by atoms with Crippen molar-refractivity contribution in [3.63, 3.8) is 0 Å². The maximum atomic E-state index is 10.3. The van der Waals surface area contributed by atoms with Crippen LogP contribution in [0.15, 0.2) is 18.2 Å². The topological polar surface area (TPSA) is 55.8 Å². The van der Waals surface area contributed by atoms with Crippen molar-refractivity contribution in [2.45, 2.75) is 13.5 Å². The van der Waals surface area contributed by atoms with Crippen LogP contribution in [-0.4, -0.2) is 24.8 Å². The van der Waals surface area contributed by atoms with Crippen LogP contribution >= 0.6 is 0 Å². The third-order valence-corrected chi connectivity index (χ3v) is 1.98. The molecule has 4 nitrogen and oxygen atoms in total. The van der Waals surface area contributed by atoms with E-state index >= 15 is 0 Å². The van der Waals surface area contributed by atoms with Crippen LogP contribution < -0.4 is 4.74 Å². The number of aryl methyl sites for hydroxylation is 1. The summed E-state index contributed by atoms with van der Waals surface area (Å²) in [4.78, 5) is 10.3. The molecule has 15 heavy (non-hydrogen) atoms. The van der Waals surface area contributed by atoms with Gasteiger partial charge in [0.2, 0.25) is 0 Å². The minimum Gasteiger partial charge on any atom is -0.482 e. The summed E-state index contributed by atoms with van der Waals surface area (Å²) in [5.74, 6) is -0.432. The second-order valence-corrected chi connectivity index (χ2v) is 3.20. The zero-order valence-electron chi connectivity index (χ0n) is 8.82. The Kier molecular flexibility index (Phi) is 4.12. The average molecular weight is 210 g/mol. The molecule has 1 aromatic carbocycles. The zero-order chi connectivity index (χ0) is 11.3. The van der Waals surface area contributed by atoms with Gasteiger partial charge < -0.3 is 14.6 Å². The highest BCUT2D eigenvalue weighted by molar-refractivity contribution is 5.68. The van der Waals surface area contributed by atoms with Crippen molar-refractivity contribution in [3.8, 4) is 5.75 Å². The van der Waals surface area contributed by atoms with E-state index in [1.165, 1.54) is 0 Å². The normalized spacial score (nSPS) is 10.0. The molecule has 0 saturated carbocycles. The Morgan fingerprint density at radius 2 is 2.20 bits per heavy atom. The Bertz CT molecular complexity index is 346. The van der Waals surface area contributed by atoms with Gasteiger partial charge in [-0.1, -0.05) is 6.07 Å². The number of ether oxygens (including phenoxy) is 2. The number of rotatable bonds is 5. The summed E-state index contributed by atoms with van der Waals surface area (Å²) in [6.07, 6.45) is 0. The van der Waals surface area contributed by atoms with Crippen molar-refractivity contribution in [1.82, 2.24) is 0 Å². The second kappa shape index (κ2) is 5.36. The molecule has 1 N–H and O–H groups in total. The summed E-state index contributed by atoms with van der Waals surface area (Å²) in [6.45, 7) is 2.14. The van der Waals surface area contributed by atoms with E-state index in [0.29, 0.717) is 12.4 Å². The van der Waals surface area contributed by atoms with Gasteiger partial charge in [-0.15, -0.1) is 0 Å². The number of methoxy groups -OCH3 is 1. The third-order valence-electron chi connectivity index (χ3n) is 1.98. The maximum Gasteiger partial charge on any atom is 0.341 e. The van der Waals surface area contributed by atoms with Crippen LogP contribution in [0, 0.1) is 6.92 Å². The Hall–Kier alpha value is -1.55. The fourth-order valence-electron chi connectivity index (χ4n) is 1.19. The Morgan fingerprint density at radius 1 is 1.47 bits per heavy atom. The number of carboxylic acid groups (broad SMARTS) is 1. The van der Waals surface area contributed by atoms with Crippen molar-refractivity contribution < 1.29 is 19.4 Å². The maximum absolute atomic E-state index is 10.3. The van der Waals surface area contributed by atoms with Gasteiger partial charge in [0, 0.05) is 7.11 Å². The highest BCUT2D eigenvalue weighted by Crippen LogP contribution is 2.17. The van der Waals surface area contributed by atoms with Crippen LogP contribution in [0.2, 0.25) is 0 Å². The van der Waals surface area contributed by atoms with Crippen LogP contribution in [0.4, 0.5) is 0 Å². The Balaban J connectivity index is 2.73. The molecule has 0 aliphatic rings. The van der Waals surface area contributed by atoms with Gasteiger partial charge >= 0.3 is 5.97 Å². The smallest absolute Gasteiger partial charge is 0.341 e. The standard InChI is InChI=1S/C11H14O4/c1-8-3-4-10(15-7-11(12)13)5-9(8)6-14-2/h3-5H,6-7H2,1-2H3,(H,12,13). The van der Waals surface area contributed by atoms with E-state index in [2.05, 4.69) is 0 Å². The van der Waals surface area contributed by atoms with E-state index in [1.54, 1.807) is 19.2 Å². The molecule has 0 bridgehead atoms. The third kappa shape index (κ3) is 3.59. The molecule has 0 saturated heterocycles. The number of hydrogen-bond acceptors (Lipinski definition) is 3. The quantitative estimate of drug-likeness (QED) is 0.802. The summed E-state index contributed by atoms with van der Waals surface area (Å²) >= 11 is 0. The molecule has 0 spiro atoms. The highest BCUT2D eigenvalue weighted by Gasteiger charge is 2.03. The number of carbonyl (C=O) groups is 1. The van der Waals surface area contributed by atoms with Crippen molar-refractivity contribution in [3.05, 3.63) is 29.3 Å². The van der Waals surface area contributed by atoms with E-state index in [4.69, 9.17) is 14.6 Å². The van der Waals surface area contributed by atoms with Crippen molar-refractivity contribution in [2.24, 2.45) is 0 Å². The van der Waals surface area contributed by atoms with Gasteiger partial charge in [-0.05, 0) is 30.2 Å². The summed E-state index contributed by atoms with van der Waals surface area (Å²) in [5, 5.41) is 8.45. The van der Waals surface area contributed by atoms with Crippen LogP contribution in [0.5, 0.6) is 5.75 Å². The van der Waals surface area contributed by atoms with Gasteiger partial charge in [0.1, 0.15) is 5.75 Å². The summed E-state index contributed by atoms with van der Waals surface area (Å²) < 4.78 is 10.1. The molecule has 0 unspecified atom stereocenters. The number of benzene rings is 1. The first kappa shape index (κ1) is 11.5. The van der Waals surface area contributed by atoms with E-state index in [9.17, 15) is 4.79 Å². The molecule has 0 atom stereocenters. The predicted molar refractivity (Wildman–Crippen MR) is 55.0 cm³/mol. The zero-order valence-corrected chi connectivity index (χ0v) is 8.82. The van der Waals surface area contributed by atoms with Gasteiger partial charge in [-0.3, -0.25) is 0 Å². The van der Waals surface area contributed by atoms with E-state index in [0.717, 1.165) is 11.1 Å². The largest absolute Gasteiger partial charge is 0.482 e. The molecule has 4 heteroatoms. The first-order chi connectivity index (χ1) is 7.13. The first-order valence-electron chi connectivity index (χ1n) is 4.56. The molecule has 0 fully saturated rings. The van der Waals surface area contributed by atoms with Gasteiger partial charge in [-0.2, -0.15) is 0 Å². The Labute approximate surface area is 88.4 Å². The van der Waals surface area contributed by atoms with Crippen LogP contribution in [0.1, 0.15) is 11.1 Å². The van der Waals surface area contributed by atoms with Crippen molar-refractivity contribution in [2.75, 3.05) is 13.7 Å². The lowest BCUT2D eigenvalue weighted by atomic mass is 10.1. The minimum absolute atomic E-state index is 0.324. The molecule has 1 aromatic rings. The molecule has 0 aliphatic heterocycles. The fraction of sp³-hybridized carbons (Fsp3) is 0.364. The van der Waals surface area contributed by atoms with Crippen molar-refractivity contribution in [1.29, 1.82) is 0 Å². The SMILES string of the molecule is COCc1cc(OCC(=O)O)ccc1C. The lowest BCUT2D eigenvalue weighted by Gasteiger charge is -2.08. The lowest BCUT2D eigenvalue weighted by Crippen LogP contribution is -2.09. The molecular formula is C11H14O4. The number of carboxylic acids is 1. The molecule has 82 valence electrons. The molecule has 0 heterocycles.